The van der Waals surface area contributed by atoms with E-state index < -0.39 is 23.2 Å². The zero-order chi connectivity index (χ0) is 15.0. The number of nitrogens with one attached hydrogen (secondary N) is 1. The van der Waals surface area contributed by atoms with Gasteiger partial charge < -0.3 is 20.0 Å². The van der Waals surface area contributed by atoms with E-state index in [-0.39, 0.29) is 5.92 Å². The van der Waals surface area contributed by atoms with Gasteiger partial charge in [0.05, 0.1) is 11.5 Å². The highest BCUT2D eigenvalue weighted by molar-refractivity contribution is 5.88. The SMILES string of the molecule is CC(C)(C)OC(=O)N[C@]1(C(=O)[O-])C[C@H]1c1ccccc1. The highest BCUT2D eigenvalue weighted by atomic mass is 16.6. The Labute approximate surface area is 117 Å². The minimum absolute atomic E-state index is 0.277. The van der Waals surface area contributed by atoms with Gasteiger partial charge >= 0.3 is 6.09 Å². The third-order valence-corrected chi connectivity index (χ3v) is 3.25. The molecule has 0 aliphatic heterocycles. The summed E-state index contributed by atoms with van der Waals surface area (Å²) in [5, 5.41) is 13.8. The van der Waals surface area contributed by atoms with E-state index in [1.54, 1.807) is 20.8 Å². The molecule has 2 atom stereocenters. The van der Waals surface area contributed by atoms with E-state index in [0.29, 0.717) is 6.42 Å². The molecule has 1 amide bonds. The second-order valence-corrected chi connectivity index (χ2v) is 6.05. The van der Waals surface area contributed by atoms with Crippen LogP contribution in [0.2, 0.25) is 0 Å². The first-order valence-electron chi connectivity index (χ1n) is 6.52. The van der Waals surface area contributed by atoms with Gasteiger partial charge in [-0.15, -0.1) is 0 Å². The minimum atomic E-state index is -1.36. The lowest BCUT2D eigenvalue weighted by Gasteiger charge is -2.25. The molecule has 1 N–H and O–H groups in total. The number of carbonyl (C=O) groups excluding carboxylic acids is 2. The summed E-state index contributed by atoms with van der Waals surface area (Å²) in [7, 11) is 0. The third kappa shape index (κ3) is 2.92. The Hall–Kier alpha value is -2.04. The number of benzene rings is 1. The van der Waals surface area contributed by atoms with Crippen LogP contribution in [0.25, 0.3) is 0 Å². The molecule has 5 heteroatoms. The van der Waals surface area contributed by atoms with Gasteiger partial charge in [0.25, 0.3) is 0 Å². The number of hydrogen-bond acceptors (Lipinski definition) is 4. The van der Waals surface area contributed by atoms with Crippen molar-refractivity contribution in [2.45, 2.75) is 44.2 Å². The van der Waals surface area contributed by atoms with Gasteiger partial charge in [0.1, 0.15) is 5.60 Å². The van der Waals surface area contributed by atoms with Crippen LogP contribution in [-0.4, -0.2) is 23.2 Å². The van der Waals surface area contributed by atoms with Crippen molar-refractivity contribution in [1.29, 1.82) is 0 Å². The van der Waals surface area contributed by atoms with Crippen molar-refractivity contribution in [2.75, 3.05) is 0 Å². The molecule has 1 aromatic carbocycles. The van der Waals surface area contributed by atoms with Crippen LogP contribution in [0.1, 0.15) is 38.7 Å². The normalized spacial score (nSPS) is 24.9. The van der Waals surface area contributed by atoms with Crippen LogP contribution < -0.4 is 10.4 Å². The van der Waals surface area contributed by atoms with Gasteiger partial charge in [0.2, 0.25) is 0 Å². The summed E-state index contributed by atoms with van der Waals surface area (Å²) in [5.41, 5.74) is -1.16. The van der Waals surface area contributed by atoms with Crippen molar-refractivity contribution >= 4 is 12.1 Å². The van der Waals surface area contributed by atoms with E-state index in [0.717, 1.165) is 5.56 Å². The zero-order valence-electron chi connectivity index (χ0n) is 11.8. The van der Waals surface area contributed by atoms with Crippen molar-refractivity contribution in [1.82, 2.24) is 5.32 Å². The van der Waals surface area contributed by atoms with E-state index in [1.807, 2.05) is 30.3 Å². The molecule has 0 unspecified atom stereocenters. The fourth-order valence-corrected chi connectivity index (χ4v) is 2.25. The number of alkyl carbamates (subject to hydrolysis) is 1. The summed E-state index contributed by atoms with van der Waals surface area (Å²) in [5.74, 6) is -1.56. The molecule has 1 saturated carbocycles. The standard InChI is InChI=1S/C15H19NO4/c1-14(2,3)20-13(19)16-15(12(17)18)9-11(15)10-7-5-4-6-8-10/h4-8,11H,9H2,1-3H3,(H,16,19)(H,17,18)/p-1/t11-,15+/m0/s1. The maximum Gasteiger partial charge on any atom is 0.408 e. The molecular weight excluding hydrogens is 258 g/mol. The molecule has 0 heterocycles. The first-order valence-corrected chi connectivity index (χ1v) is 6.52. The van der Waals surface area contributed by atoms with Crippen LogP contribution in [0.5, 0.6) is 0 Å². The lowest BCUT2D eigenvalue weighted by atomic mass is 10.1. The molecule has 20 heavy (non-hydrogen) atoms. The second-order valence-electron chi connectivity index (χ2n) is 6.05. The largest absolute Gasteiger partial charge is 0.548 e. The van der Waals surface area contributed by atoms with Crippen molar-refractivity contribution < 1.29 is 19.4 Å². The highest BCUT2D eigenvalue weighted by Gasteiger charge is 2.58. The molecule has 1 aliphatic carbocycles. The van der Waals surface area contributed by atoms with Crippen molar-refractivity contribution in [3.8, 4) is 0 Å². The number of carboxylic acid groups (broad SMARTS) is 1. The zero-order valence-corrected chi connectivity index (χ0v) is 11.8. The fourth-order valence-electron chi connectivity index (χ4n) is 2.25. The monoisotopic (exact) mass is 276 g/mol. The molecule has 2 rings (SSSR count). The van der Waals surface area contributed by atoms with Crippen molar-refractivity contribution in [3.05, 3.63) is 35.9 Å². The Balaban J connectivity index is 2.11. The predicted octanol–water partition coefficient (Wildman–Crippen LogP) is 1.19. The van der Waals surface area contributed by atoms with Gasteiger partial charge in [-0.3, -0.25) is 0 Å². The molecule has 1 fully saturated rings. The Morgan fingerprint density at radius 1 is 1.30 bits per heavy atom. The molecule has 0 saturated heterocycles. The average molecular weight is 276 g/mol. The van der Waals surface area contributed by atoms with Crippen LogP contribution in [-0.2, 0) is 9.53 Å². The molecule has 0 aromatic heterocycles. The quantitative estimate of drug-likeness (QED) is 0.899. The second kappa shape index (κ2) is 4.81. The van der Waals surface area contributed by atoms with E-state index in [2.05, 4.69) is 5.32 Å². The van der Waals surface area contributed by atoms with Crippen LogP contribution in [0.3, 0.4) is 0 Å². The van der Waals surface area contributed by atoms with Crippen LogP contribution in [0.4, 0.5) is 4.79 Å². The van der Waals surface area contributed by atoms with Crippen LogP contribution in [0, 0.1) is 0 Å². The summed E-state index contributed by atoms with van der Waals surface area (Å²) in [6, 6.07) is 9.20. The first-order chi connectivity index (χ1) is 9.24. The number of carbonyl (C=O) groups is 2. The maximum atomic E-state index is 11.8. The van der Waals surface area contributed by atoms with Crippen molar-refractivity contribution in [2.24, 2.45) is 0 Å². The number of amides is 1. The Bertz CT molecular complexity index is 520. The van der Waals surface area contributed by atoms with E-state index in [4.69, 9.17) is 4.74 Å². The van der Waals surface area contributed by atoms with Gasteiger partial charge in [-0.2, -0.15) is 0 Å². The lowest BCUT2D eigenvalue weighted by molar-refractivity contribution is -0.310. The van der Waals surface area contributed by atoms with Gasteiger partial charge in [-0.1, -0.05) is 30.3 Å². The highest BCUT2D eigenvalue weighted by Crippen LogP contribution is 2.51. The van der Waals surface area contributed by atoms with Crippen LogP contribution >= 0.6 is 0 Å². The lowest BCUT2D eigenvalue weighted by Crippen LogP contribution is -2.52. The van der Waals surface area contributed by atoms with E-state index in [1.165, 1.54) is 0 Å². The molecule has 1 aromatic rings. The maximum absolute atomic E-state index is 11.8. The molecule has 0 radical (unpaired) electrons. The van der Waals surface area contributed by atoms with E-state index in [9.17, 15) is 14.7 Å². The van der Waals surface area contributed by atoms with Gasteiger partial charge in [-0.25, -0.2) is 4.79 Å². The predicted molar refractivity (Wildman–Crippen MR) is 70.9 cm³/mol. The number of hydrogen-bond donors (Lipinski definition) is 1. The Kier molecular flexibility index (Phi) is 3.46. The average Bonchev–Trinajstić information content (AvgIpc) is 3.03. The minimum Gasteiger partial charge on any atom is -0.548 e. The summed E-state index contributed by atoms with van der Waals surface area (Å²) in [6.07, 6.45) is -0.418. The van der Waals surface area contributed by atoms with Crippen LogP contribution in [0.15, 0.2) is 30.3 Å². The summed E-state index contributed by atoms with van der Waals surface area (Å²) in [4.78, 5) is 23.2. The van der Waals surface area contributed by atoms with Crippen molar-refractivity contribution in [3.63, 3.8) is 0 Å². The Morgan fingerprint density at radius 3 is 2.40 bits per heavy atom. The third-order valence-electron chi connectivity index (χ3n) is 3.25. The molecule has 1 aliphatic rings. The number of carboxylic acids is 1. The molecule has 5 nitrogen and oxygen atoms in total. The molecule has 0 spiro atoms. The summed E-state index contributed by atoms with van der Waals surface area (Å²) < 4.78 is 5.11. The van der Waals surface area contributed by atoms with Gasteiger partial charge in [0, 0.05) is 5.92 Å². The van der Waals surface area contributed by atoms with E-state index >= 15 is 0 Å². The van der Waals surface area contributed by atoms with Gasteiger partial charge in [-0.05, 0) is 32.8 Å². The smallest absolute Gasteiger partial charge is 0.408 e. The molecule has 0 bridgehead atoms. The number of ether oxygens (including phenoxy) is 1. The number of aliphatic carboxylic acids is 1. The first kappa shape index (κ1) is 14.4. The number of rotatable bonds is 3. The topological polar surface area (TPSA) is 78.5 Å². The fraction of sp³-hybridized carbons (Fsp3) is 0.467. The Morgan fingerprint density at radius 2 is 1.90 bits per heavy atom. The molecule has 108 valence electrons. The van der Waals surface area contributed by atoms with Gasteiger partial charge in [0.15, 0.2) is 0 Å². The molecular formula is C15H18NO4-. The summed E-state index contributed by atoms with van der Waals surface area (Å²) >= 11 is 0. The summed E-state index contributed by atoms with van der Waals surface area (Å²) in [6.45, 7) is 5.17.